The van der Waals surface area contributed by atoms with E-state index in [0.717, 1.165) is 5.56 Å². The van der Waals surface area contributed by atoms with Crippen molar-refractivity contribution in [1.29, 1.82) is 0 Å². The molecule has 0 saturated heterocycles. The first-order valence-corrected chi connectivity index (χ1v) is 9.65. The average Bonchev–Trinajstić information content (AvgIpc) is 3.04. The molecule has 0 bridgehead atoms. The van der Waals surface area contributed by atoms with E-state index in [1.165, 1.54) is 4.90 Å². The van der Waals surface area contributed by atoms with E-state index >= 15 is 0 Å². The van der Waals surface area contributed by atoms with Crippen molar-refractivity contribution in [2.45, 2.75) is 6.54 Å². The summed E-state index contributed by atoms with van der Waals surface area (Å²) in [6, 6.07) is 17.9. The van der Waals surface area contributed by atoms with Crippen molar-refractivity contribution in [3.05, 3.63) is 89.9 Å². The Hall–Kier alpha value is -4.13. The first kappa shape index (κ1) is 20.2. The van der Waals surface area contributed by atoms with Gasteiger partial charge in [-0.15, -0.1) is 0 Å². The molecule has 1 aromatic heterocycles. The lowest BCUT2D eigenvalue weighted by atomic mass is 10.0. The van der Waals surface area contributed by atoms with Crippen LogP contribution >= 0.6 is 0 Å². The van der Waals surface area contributed by atoms with Gasteiger partial charge >= 0.3 is 0 Å². The van der Waals surface area contributed by atoms with Crippen LogP contribution in [0.3, 0.4) is 0 Å². The Morgan fingerprint density at radius 1 is 0.903 bits per heavy atom. The number of hydrogen-bond donors (Lipinski definition) is 1. The Morgan fingerprint density at radius 3 is 2.23 bits per heavy atom. The number of methoxy groups -OCH3 is 2. The van der Waals surface area contributed by atoms with Gasteiger partial charge in [0.1, 0.15) is 17.2 Å². The maximum absolute atomic E-state index is 13.3. The first-order chi connectivity index (χ1) is 15.1. The fourth-order valence-electron chi connectivity index (χ4n) is 3.41. The SMILES string of the molecule is COc1cc(NC2=C(c3ccccc3)C(=O)N(Cc3cccnc3)C2=O)cc(OC)c1. The number of carbonyl (C=O) groups excluding carboxylic acids is 2. The number of benzene rings is 2. The van der Waals surface area contributed by atoms with Gasteiger partial charge in [-0.1, -0.05) is 36.4 Å². The van der Waals surface area contributed by atoms with Gasteiger partial charge in [0.15, 0.2) is 0 Å². The summed E-state index contributed by atoms with van der Waals surface area (Å²) in [6.07, 6.45) is 3.29. The van der Waals surface area contributed by atoms with Crippen molar-refractivity contribution in [3.8, 4) is 11.5 Å². The number of hydrogen-bond acceptors (Lipinski definition) is 6. The number of anilines is 1. The molecule has 1 N–H and O–H groups in total. The largest absolute Gasteiger partial charge is 0.497 e. The summed E-state index contributed by atoms with van der Waals surface area (Å²) >= 11 is 0. The molecule has 0 spiro atoms. The van der Waals surface area contributed by atoms with Crippen molar-refractivity contribution in [2.75, 3.05) is 19.5 Å². The summed E-state index contributed by atoms with van der Waals surface area (Å²) in [6.45, 7) is 0.133. The predicted molar refractivity (Wildman–Crippen MR) is 116 cm³/mol. The average molecular weight is 415 g/mol. The lowest BCUT2D eigenvalue weighted by Crippen LogP contribution is -2.32. The number of nitrogens with zero attached hydrogens (tertiary/aromatic N) is 2. The zero-order chi connectivity index (χ0) is 21.8. The molecule has 1 aliphatic heterocycles. The van der Waals surface area contributed by atoms with Crippen LogP contribution in [0.15, 0.2) is 78.8 Å². The van der Waals surface area contributed by atoms with Gasteiger partial charge in [-0.05, 0) is 17.2 Å². The number of nitrogens with one attached hydrogen (secondary N) is 1. The standard InChI is InChI=1S/C24H21N3O4/c1-30-19-11-18(12-20(13-19)31-2)26-22-21(17-8-4-3-5-9-17)23(28)27(24(22)29)15-16-7-6-10-25-14-16/h3-14,26H,15H2,1-2H3. The molecule has 0 fully saturated rings. The molecule has 3 aromatic rings. The van der Waals surface area contributed by atoms with Crippen LogP contribution in [-0.4, -0.2) is 35.9 Å². The number of rotatable bonds is 7. The summed E-state index contributed by atoms with van der Waals surface area (Å²) in [7, 11) is 3.10. The van der Waals surface area contributed by atoms with Gasteiger partial charge in [-0.3, -0.25) is 19.5 Å². The second-order valence-corrected chi connectivity index (χ2v) is 6.90. The molecule has 0 unspecified atom stereocenters. The Balaban J connectivity index is 1.75. The van der Waals surface area contributed by atoms with E-state index in [1.807, 2.05) is 36.4 Å². The van der Waals surface area contributed by atoms with Crippen molar-refractivity contribution in [2.24, 2.45) is 0 Å². The maximum atomic E-state index is 13.3. The summed E-state index contributed by atoms with van der Waals surface area (Å²) < 4.78 is 10.6. The van der Waals surface area contributed by atoms with Crippen molar-refractivity contribution in [1.82, 2.24) is 9.88 Å². The van der Waals surface area contributed by atoms with Crippen LogP contribution in [0.4, 0.5) is 5.69 Å². The number of ether oxygens (including phenoxy) is 2. The molecule has 2 heterocycles. The highest BCUT2D eigenvalue weighted by molar-refractivity contribution is 6.36. The fourth-order valence-corrected chi connectivity index (χ4v) is 3.41. The second kappa shape index (κ2) is 8.71. The van der Waals surface area contributed by atoms with Gasteiger partial charge in [0.2, 0.25) is 0 Å². The maximum Gasteiger partial charge on any atom is 0.278 e. The first-order valence-electron chi connectivity index (χ1n) is 9.65. The van der Waals surface area contributed by atoms with Gasteiger partial charge in [0.25, 0.3) is 11.8 Å². The zero-order valence-electron chi connectivity index (χ0n) is 17.2. The van der Waals surface area contributed by atoms with E-state index in [1.54, 1.807) is 50.9 Å². The molecule has 0 aliphatic carbocycles. The van der Waals surface area contributed by atoms with E-state index in [4.69, 9.17) is 9.47 Å². The third-order valence-electron chi connectivity index (χ3n) is 4.91. The highest BCUT2D eigenvalue weighted by Gasteiger charge is 2.39. The molecule has 156 valence electrons. The molecule has 0 radical (unpaired) electrons. The highest BCUT2D eigenvalue weighted by atomic mass is 16.5. The Labute approximate surface area is 179 Å². The Kier molecular flexibility index (Phi) is 5.66. The van der Waals surface area contributed by atoms with Crippen LogP contribution in [0.2, 0.25) is 0 Å². The molecule has 0 saturated carbocycles. The van der Waals surface area contributed by atoms with Gasteiger partial charge < -0.3 is 14.8 Å². The fraction of sp³-hybridized carbons (Fsp3) is 0.125. The van der Waals surface area contributed by atoms with E-state index in [0.29, 0.717) is 28.3 Å². The minimum absolute atomic E-state index is 0.133. The second-order valence-electron chi connectivity index (χ2n) is 6.90. The number of pyridine rings is 1. The Bertz CT molecular complexity index is 1120. The molecular formula is C24H21N3O4. The molecule has 1 aliphatic rings. The van der Waals surface area contributed by atoms with Crippen LogP contribution in [0.1, 0.15) is 11.1 Å². The number of aromatic nitrogens is 1. The normalized spacial score (nSPS) is 13.5. The van der Waals surface area contributed by atoms with E-state index in [-0.39, 0.29) is 18.1 Å². The van der Waals surface area contributed by atoms with Crippen molar-refractivity contribution in [3.63, 3.8) is 0 Å². The van der Waals surface area contributed by atoms with Gasteiger partial charge in [-0.25, -0.2) is 0 Å². The zero-order valence-corrected chi connectivity index (χ0v) is 17.2. The van der Waals surface area contributed by atoms with E-state index < -0.39 is 5.91 Å². The van der Waals surface area contributed by atoms with E-state index in [9.17, 15) is 9.59 Å². The van der Waals surface area contributed by atoms with Crippen LogP contribution < -0.4 is 14.8 Å². The lowest BCUT2D eigenvalue weighted by molar-refractivity contribution is -0.137. The van der Waals surface area contributed by atoms with Crippen LogP contribution in [0.25, 0.3) is 5.57 Å². The van der Waals surface area contributed by atoms with Gasteiger partial charge in [0.05, 0.1) is 26.3 Å². The van der Waals surface area contributed by atoms with Crippen molar-refractivity contribution < 1.29 is 19.1 Å². The molecule has 31 heavy (non-hydrogen) atoms. The molecule has 7 heteroatoms. The van der Waals surface area contributed by atoms with Gasteiger partial charge in [-0.2, -0.15) is 0 Å². The molecule has 4 rings (SSSR count). The number of amides is 2. The summed E-state index contributed by atoms with van der Waals surface area (Å²) in [5.41, 5.74) is 2.52. The number of imide groups is 1. The number of carbonyl (C=O) groups is 2. The molecule has 0 atom stereocenters. The lowest BCUT2D eigenvalue weighted by Gasteiger charge is -2.15. The molecule has 2 aromatic carbocycles. The van der Waals surface area contributed by atoms with Crippen molar-refractivity contribution >= 4 is 23.1 Å². The Morgan fingerprint density at radius 2 is 1.61 bits per heavy atom. The van der Waals surface area contributed by atoms with Crippen LogP contribution in [0, 0.1) is 0 Å². The third kappa shape index (κ3) is 4.11. The minimum Gasteiger partial charge on any atom is -0.497 e. The quantitative estimate of drug-likeness (QED) is 0.595. The molecular weight excluding hydrogens is 394 g/mol. The smallest absolute Gasteiger partial charge is 0.278 e. The van der Waals surface area contributed by atoms with Gasteiger partial charge in [0, 0.05) is 36.3 Å². The predicted octanol–water partition coefficient (Wildman–Crippen LogP) is 3.49. The summed E-state index contributed by atoms with van der Waals surface area (Å²) in [5.74, 6) is 0.354. The minimum atomic E-state index is -0.408. The topological polar surface area (TPSA) is 80.8 Å². The molecule has 2 amide bonds. The summed E-state index contributed by atoms with van der Waals surface area (Å²) in [4.78, 5) is 31.9. The molecule has 7 nitrogen and oxygen atoms in total. The summed E-state index contributed by atoms with van der Waals surface area (Å²) in [5, 5.41) is 3.13. The highest BCUT2D eigenvalue weighted by Crippen LogP contribution is 2.33. The third-order valence-corrected chi connectivity index (χ3v) is 4.91. The van der Waals surface area contributed by atoms with Crippen LogP contribution in [0.5, 0.6) is 11.5 Å². The van der Waals surface area contributed by atoms with Crippen LogP contribution in [-0.2, 0) is 16.1 Å². The monoisotopic (exact) mass is 415 g/mol. The van der Waals surface area contributed by atoms with E-state index in [2.05, 4.69) is 10.3 Å².